The number of hydrogen-bond acceptors (Lipinski definition) is 6. The molecule has 0 saturated heterocycles. The Hall–Kier alpha value is -2.41. The van der Waals surface area contributed by atoms with Crippen LogP contribution in [-0.2, 0) is 23.9 Å². The van der Waals surface area contributed by atoms with Gasteiger partial charge in [-0.3, -0.25) is 9.59 Å². The fourth-order valence-electron chi connectivity index (χ4n) is 9.49. The van der Waals surface area contributed by atoms with Crippen molar-refractivity contribution in [3.63, 3.8) is 0 Å². The highest BCUT2D eigenvalue weighted by Crippen LogP contribution is 2.72. The summed E-state index contributed by atoms with van der Waals surface area (Å²) in [5, 5.41) is 21.2. The molecule has 228 valence electrons. The van der Waals surface area contributed by atoms with Crippen molar-refractivity contribution in [2.75, 3.05) is 0 Å². The lowest BCUT2D eigenvalue weighted by Crippen LogP contribution is -2.56. The number of fused-ring (bicyclic) bond motifs is 5. The van der Waals surface area contributed by atoms with Gasteiger partial charge < -0.3 is 19.7 Å². The Morgan fingerprint density at radius 2 is 1.71 bits per heavy atom. The topological polar surface area (TPSA) is 110 Å². The number of aliphatic carboxylic acids is 1. The maximum Gasteiger partial charge on any atom is 0.330 e. The molecule has 7 nitrogen and oxygen atoms in total. The van der Waals surface area contributed by atoms with Gasteiger partial charge in [0.05, 0.1) is 6.10 Å². The van der Waals surface area contributed by atoms with Gasteiger partial charge in [0.15, 0.2) is 0 Å². The fourth-order valence-corrected chi connectivity index (χ4v) is 9.49. The van der Waals surface area contributed by atoms with Crippen LogP contribution in [0.2, 0.25) is 0 Å². The van der Waals surface area contributed by atoms with Crippen LogP contribution in [0.15, 0.2) is 34.9 Å². The van der Waals surface area contributed by atoms with Crippen molar-refractivity contribution in [2.45, 2.75) is 119 Å². The molecule has 4 rings (SSSR count). The van der Waals surface area contributed by atoms with Gasteiger partial charge in [-0.15, -0.1) is 0 Å². The molecule has 0 aromatic heterocycles. The number of carbonyl (C=O) groups is 3. The molecular formula is C34H50O7. The largest absolute Gasteiger partial charge is 0.478 e. The van der Waals surface area contributed by atoms with Gasteiger partial charge in [-0.25, -0.2) is 4.79 Å². The first-order valence-electron chi connectivity index (χ1n) is 15.3. The first-order chi connectivity index (χ1) is 18.9. The Balaban J connectivity index is 1.70. The molecule has 2 saturated carbocycles. The summed E-state index contributed by atoms with van der Waals surface area (Å²) in [5.41, 5.74) is 1.79. The lowest BCUT2D eigenvalue weighted by Gasteiger charge is -2.61. The van der Waals surface area contributed by atoms with E-state index in [0.717, 1.165) is 25.7 Å². The molecule has 0 unspecified atom stereocenters. The number of allylic oxidation sites excluding steroid dienone is 3. The predicted octanol–water partition coefficient (Wildman–Crippen LogP) is 6.40. The highest BCUT2D eigenvalue weighted by Gasteiger charge is 2.67. The van der Waals surface area contributed by atoms with Crippen molar-refractivity contribution < 1.29 is 34.1 Å². The van der Waals surface area contributed by atoms with E-state index in [1.165, 1.54) is 25.0 Å². The number of rotatable bonds is 7. The van der Waals surface area contributed by atoms with Crippen LogP contribution in [0.1, 0.15) is 101 Å². The second-order valence-corrected chi connectivity index (χ2v) is 14.5. The van der Waals surface area contributed by atoms with Crippen molar-refractivity contribution in [3.05, 3.63) is 34.9 Å². The van der Waals surface area contributed by atoms with E-state index in [0.29, 0.717) is 18.8 Å². The van der Waals surface area contributed by atoms with E-state index in [4.69, 9.17) is 9.47 Å². The van der Waals surface area contributed by atoms with Crippen molar-refractivity contribution in [3.8, 4) is 0 Å². The Kier molecular flexibility index (Phi) is 8.22. The third-order valence-corrected chi connectivity index (χ3v) is 12.2. The van der Waals surface area contributed by atoms with E-state index in [1.807, 2.05) is 0 Å². The van der Waals surface area contributed by atoms with Crippen LogP contribution < -0.4 is 0 Å². The summed E-state index contributed by atoms with van der Waals surface area (Å²) < 4.78 is 11.6. The summed E-state index contributed by atoms with van der Waals surface area (Å²) >= 11 is 0. The predicted molar refractivity (Wildman–Crippen MR) is 157 cm³/mol. The van der Waals surface area contributed by atoms with Crippen LogP contribution in [-0.4, -0.2) is 46.4 Å². The fraction of sp³-hybridized carbons (Fsp3) is 0.735. The maximum absolute atomic E-state index is 12.1. The van der Waals surface area contributed by atoms with Crippen molar-refractivity contribution in [1.29, 1.82) is 0 Å². The zero-order valence-corrected chi connectivity index (χ0v) is 26.4. The number of aliphatic hydroxyl groups excluding tert-OH is 1. The minimum absolute atomic E-state index is 0.0609. The third kappa shape index (κ3) is 4.90. The van der Waals surface area contributed by atoms with Crippen LogP contribution in [0.4, 0.5) is 0 Å². The van der Waals surface area contributed by atoms with Crippen LogP contribution in [0.5, 0.6) is 0 Å². The van der Waals surface area contributed by atoms with Gasteiger partial charge in [0, 0.05) is 36.7 Å². The van der Waals surface area contributed by atoms with Crippen LogP contribution in [0.25, 0.3) is 0 Å². The molecule has 2 fully saturated rings. The third-order valence-electron chi connectivity index (χ3n) is 12.2. The van der Waals surface area contributed by atoms with E-state index >= 15 is 0 Å². The van der Waals surface area contributed by atoms with Gasteiger partial charge in [0.2, 0.25) is 0 Å². The maximum atomic E-state index is 12.1. The van der Waals surface area contributed by atoms with Gasteiger partial charge in [0.1, 0.15) is 12.2 Å². The number of hydrogen-bond donors (Lipinski definition) is 2. The summed E-state index contributed by atoms with van der Waals surface area (Å²) in [6.45, 7) is 17.8. The molecule has 0 aromatic rings. The van der Waals surface area contributed by atoms with Crippen LogP contribution in [0.3, 0.4) is 0 Å². The molecule has 0 radical (unpaired) electrons. The lowest BCUT2D eigenvalue weighted by atomic mass is 9.44. The Morgan fingerprint density at radius 3 is 2.29 bits per heavy atom. The van der Waals surface area contributed by atoms with Crippen molar-refractivity contribution in [2.24, 2.45) is 39.4 Å². The molecule has 0 aromatic carbocycles. The van der Waals surface area contributed by atoms with Gasteiger partial charge in [-0.1, -0.05) is 59.8 Å². The van der Waals surface area contributed by atoms with Gasteiger partial charge >= 0.3 is 17.9 Å². The average Bonchev–Trinajstić information content (AvgIpc) is 3.08. The first-order valence-corrected chi connectivity index (χ1v) is 15.3. The normalized spacial score (nSPS) is 39.2. The molecule has 4 aliphatic rings. The Morgan fingerprint density at radius 1 is 1.05 bits per heavy atom. The number of carboxylic acid groups (broad SMARTS) is 1. The van der Waals surface area contributed by atoms with Crippen molar-refractivity contribution >= 4 is 17.9 Å². The van der Waals surface area contributed by atoms with Gasteiger partial charge in [-0.2, -0.15) is 0 Å². The van der Waals surface area contributed by atoms with E-state index < -0.39 is 23.6 Å². The number of carbonyl (C=O) groups excluding carboxylic acids is 2. The Bertz CT molecular complexity index is 1190. The monoisotopic (exact) mass is 570 g/mol. The van der Waals surface area contributed by atoms with E-state index in [2.05, 4.69) is 53.7 Å². The molecule has 0 spiro atoms. The molecule has 9 atom stereocenters. The molecule has 41 heavy (non-hydrogen) atoms. The second-order valence-electron chi connectivity index (χ2n) is 14.5. The molecule has 0 amide bonds. The molecule has 0 aliphatic heterocycles. The van der Waals surface area contributed by atoms with E-state index in [9.17, 15) is 24.6 Å². The minimum atomic E-state index is -0.985. The standard InChI is InChI=1S/C34H50O7/c1-19(30(38)39)10-12-26(40-21(3)35)20(2)25-18-28(37)34(9)24-11-13-27-31(5,6)29(41-22(4)36)15-16-32(27,7)23(24)14-17-33(25,34)8/h10-11,14,20,25-29,37H,12-13,15-18H2,1-9H3,(H,38,39)/b19-10-/t20-,25-,26-,27+,28-,29+,32-,33-,34-/m0/s1. The molecule has 2 N–H and O–H groups in total. The molecule has 0 bridgehead atoms. The highest BCUT2D eigenvalue weighted by molar-refractivity contribution is 5.85. The van der Waals surface area contributed by atoms with Gasteiger partial charge in [-0.05, 0) is 78.8 Å². The number of carboxylic acids is 1. The molecule has 0 heterocycles. The lowest BCUT2D eigenvalue weighted by molar-refractivity contribution is -0.165. The summed E-state index contributed by atoms with van der Waals surface area (Å²) in [7, 11) is 0. The first kappa shape index (κ1) is 31.5. The number of ether oxygens (including phenoxy) is 2. The smallest absolute Gasteiger partial charge is 0.330 e. The van der Waals surface area contributed by atoms with Crippen molar-refractivity contribution in [1.82, 2.24) is 0 Å². The van der Waals surface area contributed by atoms with E-state index in [1.54, 1.807) is 13.0 Å². The SMILES string of the molecule is CC(=O)O[C@@H](C/C=C(/C)C(=O)O)[C@@H](C)[C@@H]1C[C@H](O)[C@]2(C)C3=CC[C@@H]4C(C)(C)[C@H](OC(C)=O)CC[C@@]4(C)C3=CC[C@@]12C. The summed E-state index contributed by atoms with van der Waals surface area (Å²) in [6, 6.07) is 0. The molecule has 4 aliphatic carbocycles. The van der Waals surface area contributed by atoms with E-state index in [-0.39, 0.29) is 51.7 Å². The van der Waals surface area contributed by atoms with Crippen LogP contribution in [0, 0.1) is 39.4 Å². The van der Waals surface area contributed by atoms with Crippen LogP contribution >= 0.6 is 0 Å². The zero-order valence-electron chi connectivity index (χ0n) is 26.4. The highest BCUT2D eigenvalue weighted by atomic mass is 16.5. The summed E-state index contributed by atoms with van der Waals surface area (Å²) in [4.78, 5) is 35.4. The molecule has 7 heteroatoms. The number of esters is 2. The summed E-state index contributed by atoms with van der Waals surface area (Å²) in [5.74, 6) is -1.32. The second kappa shape index (κ2) is 10.7. The minimum Gasteiger partial charge on any atom is -0.478 e. The average molecular weight is 571 g/mol. The zero-order chi connectivity index (χ0) is 30.7. The van der Waals surface area contributed by atoms with Gasteiger partial charge in [0.25, 0.3) is 0 Å². The molecular weight excluding hydrogens is 520 g/mol. The number of aliphatic hydroxyl groups is 1. The summed E-state index contributed by atoms with van der Waals surface area (Å²) in [6.07, 6.45) is 9.56. The quantitative estimate of drug-likeness (QED) is 0.269. The Labute approximate surface area is 245 Å².